The average molecular weight is 241 g/mol. The van der Waals surface area contributed by atoms with Gasteiger partial charge in [0.25, 0.3) is 0 Å². The van der Waals surface area contributed by atoms with E-state index in [9.17, 15) is 9.59 Å². The predicted octanol–water partition coefficient (Wildman–Crippen LogP) is 2.14. The number of carbonyl (C=O) groups is 2. The molecule has 17 heavy (non-hydrogen) atoms. The summed E-state index contributed by atoms with van der Waals surface area (Å²) in [5, 5.41) is 9.03. The second-order valence-electron chi connectivity index (χ2n) is 5.45. The van der Waals surface area contributed by atoms with Crippen molar-refractivity contribution < 1.29 is 14.7 Å². The number of rotatable bonds is 4. The number of hydrogen-bond donors (Lipinski definition) is 1. The van der Waals surface area contributed by atoms with E-state index in [1.54, 1.807) is 4.90 Å². The molecule has 0 aromatic heterocycles. The van der Waals surface area contributed by atoms with Crippen molar-refractivity contribution in [3.8, 4) is 0 Å². The first-order chi connectivity index (χ1) is 7.89. The molecule has 0 aromatic rings. The molecule has 1 heterocycles. The SMILES string of the molecule is CCCC1CCN(C(=O)C(C)(C)C(=O)O)CC1. The van der Waals surface area contributed by atoms with Gasteiger partial charge in [-0.15, -0.1) is 0 Å². The van der Waals surface area contributed by atoms with Crippen LogP contribution in [0.2, 0.25) is 0 Å². The van der Waals surface area contributed by atoms with E-state index in [1.165, 1.54) is 26.7 Å². The lowest BCUT2D eigenvalue weighted by atomic mass is 9.88. The van der Waals surface area contributed by atoms with Crippen molar-refractivity contribution in [1.82, 2.24) is 4.90 Å². The third kappa shape index (κ3) is 3.20. The molecular weight excluding hydrogens is 218 g/mol. The molecule has 0 aliphatic carbocycles. The summed E-state index contributed by atoms with van der Waals surface area (Å²) >= 11 is 0. The minimum atomic E-state index is -1.29. The van der Waals surface area contributed by atoms with E-state index in [2.05, 4.69) is 6.92 Å². The minimum Gasteiger partial charge on any atom is -0.480 e. The van der Waals surface area contributed by atoms with Gasteiger partial charge in [0.2, 0.25) is 5.91 Å². The lowest BCUT2D eigenvalue weighted by molar-refractivity contribution is -0.158. The van der Waals surface area contributed by atoms with E-state index in [4.69, 9.17) is 5.11 Å². The Labute approximate surface area is 103 Å². The monoisotopic (exact) mass is 241 g/mol. The Morgan fingerprint density at radius 1 is 1.29 bits per heavy atom. The average Bonchev–Trinajstić information content (AvgIpc) is 2.29. The van der Waals surface area contributed by atoms with Crippen LogP contribution in [0.3, 0.4) is 0 Å². The van der Waals surface area contributed by atoms with Gasteiger partial charge in [-0.25, -0.2) is 0 Å². The van der Waals surface area contributed by atoms with Crippen molar-refractivity contribution in [2.24, 2.45) is 11.3 Å². The van der Waals surface area contributed by atoms with E-state index in [0.717, 1.165) is 12.8 Å². The van der Waals surface area contributed by atoms with Gasteiger partial charge in [-0.05, 0) is 32.6 Å². The number of carboxylic acids is 1. The summed E-state index contributed by atoms with van der Waals surface area (Å²) in [4.78, 5) is 24.8. The van der Waals surface area contributed by atoms with Gasteiger partial charge in [-0.3, -0.25) is 9.59 Å². The van der Waals surface area contributed by atoms with Gasteiger partial charge in [0.1, 0.15) is 5.41 Å². The molecule has 1 fully saturated rings. The van der Waals surface area contributed by atoms with Gasteiger partial charge in [-0.1, -0.05) is 19.8 Å². The molecule has 0 bridgehead atoms. The standard InChI is InChI=1S/C13H23NO3/c1-4-5-10-6-8-14(9-7-10)11(15)13(2,3)12(16)17/h10H,4-9H2,1-3H3,(H,16,17). The van der Waals surface area contributed by atoms with Crippen molar-refractivity contribution in [3.05, 3.63) is 0 Å². The van der Waals surface area contributed by atoms with Crippen LogP contribution in [0.4, 0.5) is 0 Å². The molecule has 1 amide bonds. The third-order valence-electron chi connectivity index (χ3n) is 3.67. The largest absolute Gasteiger partial charge is 0.480 e. The molecule has 1 saturated heterocycles. The zero-order chi connectivity index (χ0) is 13.1. The number of carbonyl (C=O) groups excluding carboxylic acids is 1. The van der Waals surface area contributed by atoms with Crippen LogP contribution in [-0.2, 0) is 9.59 Å². The van der Waals surface area contributed by atoms with E-state index in [1.807, 2.05) is 0 Å². The number of carboxylic acid groups (broad SMARTS) is 1. The van der Waals surface area contributed by atoms with Crippen molar-refractivity contribution in [1.29, 1.82) is 0 Å². The number of amides is 1. The van der Waals surface area contributed by atoms with E-state index in [0.29, 0.717) is 19.0 Å². The fraction of sp³-hybridized carbons (Fsp3) is 0.846. The van der Waals surface area contributed by atoms with Crippen LogP contribution in [-0.4, -0.2) is 35.0 Å². The number of piperidine rings is 1. The van der Waals surface area contributed by atoms with E-state index >= 15 is 0 Å². The first-order valence-corrected chi connectivity index (χ1v) is 6.42. The molecule has 0 atom stereocenters. The van der Waals surface area contributed by atoms with Crippen LogP contribution in [0.25, 0.3) is 0 Å². The van der Waals surface area contributed by atoms with E-state index in [-0.39, 0.29) is 5.91 Å². The van der Waals surface area contributed by atoms with Crippen LogP contribution in [0.5, 0.6) is 0 Å². The fourth-order valence-electron chi connectivity index (χ4n) is 2.32. The zero-order valence-electron chi connectivity index (χ0n) is 11.0. The third-order valence-corrected chi connectivity index (χ3v) is 3.67. The summed E-state index contributed by atoms with van der Waals surface area (Å²) in [6.45, 7) is 6.55. The van der Waals surface area contributed by atoms with Crippen LogP contribution < -0.4 is 0 Å². The Balaban J connectivity index is 2.54. The molecule has 0 radical (unpaired) electrons. The van der Waals surface area contributed by atoms with Gasteiger partial charge in [0.15, 0.2) is 0 Å². The summed E-state index contributed by atoms with van der Waals surface area (Å²) in [7, 11) is 0. The van der Waals surface area contributed by atoms with Crippen LogP contribution >= 0.6 is 0 Å². The summed E-state index contributed by atoms with van der Waals surface area (Å²) in [5.41, 5.74) is -1.29. The van der Waals surface area contributed by atoms with Crippen molar-refractivity contribution in [3.63, 3.8) is 0 Å². The Morgan fingerprint density at radius 3 is 2.24 bits per heavy atom. The molecule has 98 valence electrons. The second kappa shape index (κ2) is 5.52. The normalized spacial score (nSPS) is 18.2. The Hall–Kier alpha value is -1.06. The maximum atomic E-state index is 12.1. The summed E-state index contributed by atoms with van der Waals surface area (Å²) < 4.78 is 0. The lowest BCUT2D eigenvalue weighted by Gasteiger charge is -2.35. The highest BCUT2D eigenvalue weighted by Gasteiger charge is 2.40. The highest BCUT2D eigenvalue weighted by molar-refractivity contribution is 6.00. The van der Waals surface area contributed by atoms with Gasteiger partial charge in [-0.2, -0.15) is 0 Å². The molecular formula is C13H23NO3. The summed E-state index contributed by atoms with van der Waals surface area (Å²) in [5.74, 6) is -0.588. The topological polar surface area (TPSA) is 57.6 Å². The lowest BCUT2D eigenvalue weighted by Crippen LogP contribution is -2.48. The van der Waals surface area contributed by atoms with Crippen molar-refractivity contribution >= 4 is 11.9 Å². The number of likely N-dealkylation sites (tertiary alicyclic amines) is 1. The van der Waals surface area contributed by atoms with Gasteiger partial charge < -0.3 is 10.0 Å². The molecule has 0 aromatic carbocycles. The van der Waals surface area contributed by atoms with Gasteiger partial charge in [0.05, 0.1) is 0 Å². The first-order valence-electron chi connectivity index (χ1n) is 6.42. The van der Waals surface area contributed by atoms with Gasteiger partial charge >= 0.3 is 5.97 Å². The Morgan fingerprint density at radius 2 is 1.82 bits per heavy atom. The zero-order valence-corrected chi connectivity index (χ0v) is 11.0. The number of nitrogens with zero attached hydrogens (tertiary/aromatic N) is 1. The molecule has 0 spiro atoms. The maximum Gasteiger partial charge on any atom is 0.318 e. The molecule has 1 aliphatic heterocycles. The van der Waals surface area contributed by atoms with Crippen molar-refractivity contribution in [2.45, 2.75) is 46.5 Å². The van der Waals surface area contributed by atoms with Crippen LogP contribution in [0.1, 0.15) is 46.5 Å². The Bertz CT molecular complexity index is 291. The molecule has 1 rings (SSSR count). The second-order valence-corrected chi connectivity index (χ2v) is 5.45. The molecule has 4 nitrogen and oxygen atoms in total. The number of hydrogen-bond acceptors (Lipinski definition) is 2. The molecule has 4 heteroatoms. The van der Waals surface area contributed by atoms with E-state index < -0.39 is 11.4 Å². The quantitative estimate of drug-likeness (QED) is 0.767. The van der Waals surface area contributed by atoms with Crippen LogP contribution in [0.15, 0.2) is 0 Å². The maximum absolute atomic E-state index is 12.1. The van der Waals surface area contributed by atoms with Crippen LogP contribution in [0, 0.1) is 11.3 Å². The highest BCUT2D eigenvalue weighted by Crippen LogP contribution is 2.26. The fourth-order valence-corrected chi connectivity index (χ4v) is 2.32. The number of aliphatic carboxylic acids is 1. The molecule has 1 aliphatic rings. The summed E-state index contributed by atoms with van der Waals surface area (Å²) in [6, 6.07) is 0. The van der Waals surface area contributed by atoms with Gasteiger partial charge in [0, 0.05) is 13.1 Å². The smallest absolute Gasteiger partial charge is 0.318 e. The first kappa shape index (κ1) is 14.0. The molecule has 1 N–H and O–H groups in total. The highest BCUT2D eigenvalue weighted by atomic mass is 16.4. The Kier molecular flexibility index (Phi) is 4.54. The summed E-state index contributed by atoms with van der Waals surface area (Å²) in [6.07, 6.45) is 4.41. The molecule has 0 saturated carbocycles. The minimum absolute atomic E-state index is 0.250. The van der Waals surface area contributed by atoms with Crippen molar-refractivity contribution in [2.75, 3.05) is 13.1 Å². The molecule has 0 unspecified atom stereocenters. The predicted molar refractivity (Wildman–Crippen MR) is 65.6 cm³/mol.